The summed E-state index contributed by atoms with van der Waals surface area (Å²) in [6.07, 6.45) is 13.3. The Morgan fingerprint density at radius 2 is 1.83 bits per heavy atom. The Morgan fingerprint density at radius 3 is 2.50 bits per heavy atom. The van der Waals surface area contributed by atoms with Gasteiger partial charge in [-0.15, -0.1) is 0 Å². The van der Waals surface area contributed by atoms with Crippen LogP contribution in [0.15, 0.2) is 18.2 Å². The summed E-state index contributed by atoms with van der Waals surface area (Å²) in [6, 6.07) is 7.22. The van der Waals surface area contributed by atoms with Gasteiger partial charge in [-0.1, -0.05) is 24.7 Å². The number of hydrogen-bond acceptors (Lipinski definition) is 3. The Hall–Kier alpha value is -1.50. The summed E-state index contributed by atoms with van der Waals surface area (Å²) in [5, 5.41) is 10.7. The number of aliphatic hydroxyl groups is 1. The van der Waals surface area contributed by atoms with Crippen LogP contribution in [0.1, 0.15) is 87.7 Å². The molecular formula is C27H37NO2. The van der Waals surface area contributed by atoms with Crippen LogP contribution >= 0.6 is 0 Å². The lowest BCUT2D eigenvalue weighted by molar-refractivity contribution is 0.0610. The highest BCUT2D eigenvalue weighted by molar-refractivity contribution is 5.46. The van der Waals surface area contributed by atoms with Crippen molar-refractivity contribution in [2.75, 3.05) is 20.2 Å². The largest absolute Gasteiger partial charge is 0.496 e. The van der Waals surface area contributed by atoms with E-state index in [1.807, 2.05) is 6.07 Å². The SMILES string of the molecule is COc1ccc(C#CC2(O)CCCCC2)cc1C1CCN([C@@H]2C[C@H]3CC[C@H]2C3)CC1. The van der Waals surface area contributed by atoms with Crippen LogP contribution in [0.5, 0.6) is 5.75 Å². The van der Waals surface area contributed by atoms with E-state index in [1.54, 1.807) is 7.11 Å². The molecule has 0 unspecified atom stereocenters. The van der Waals surface area contributed by atoms with Crippen molar-refractivity contribution in [3.05, 3.63) is 29.3 Å². The molecule has 1 aromatic carbocycles. The molecule has 1 N–H and O–H groups in total. The predicted molar refractivity (Wildman–Crippen MR) is 121 cm³/mol. The van der Waals surface area contributed by atoms with Crippen LogP contribution in [-0.4, -0.2) is 41.8 Å². The molecule has 3 aliphatic carbocycles. The Kier molecular flexibility index (Phi) is 5.82. The van der Waals surface area contributed by atoms with E-state index in [4.69, 9.17) is 4.74 Å². The van der Waals surface area contributed by atoms with Crippen LogP contribution in [0.4, 0.5) is 0 Å². The Balaban J connectivity index is 1.28. The molecule has 0 amide bonds. The number of piperidine rings is 1. The van der Waals surface area contributed by atoms with Crippen molar-refractivity contribution < 1.29 is 9.84 Å². The van der Waals surface area contributed by atoms with E-state index in [0.717, 1.165) is 54.9 Å². The Bertz CT molecular complexity index is 808. The predicted octanol–water partition coefficient (Wildman–Crippen LogP) is 5.11. The summed E-state index contributed by atoms with van der Waals surface area (Å²) in [5.74, 6) is 10.0. The highest BCUT2D eigenvalue weighted by atomic mass is 16.5. The Labute approximate surface area is 182 Å². The second kappa shape index (κ2) is 8.56. The van der Waals surface area contributed by atoms with Crippen LogP contribution in [0, 0.1) is 23.7 Å². The van der Waals surface area contributed by atoms with E-state index in [2.05, 4.69) is 28.9 Å². The van der Waals surface area contributed by atoms with Gasteiger partial charge >= 0.3 is 0 Å². The number of ether oxygens (including phenoxy) is 1. The number of benzene rings is 1. The van der Waals surface area contributed by atoms with Gasteiger partial charge in [-0.05, 0) is 112 Å². The normalized spacial score (nSPS) is 31.3. The lowest BCUT2D eigenvalue weighted by Gasteiger charge is -2.40. The second-order valence-corrected chi connectivity index (χ2v) is 10.4. The van der Waals surface area contributed by atoms with E-state index < -0.39 is 5.60 Å². The third-order valence-electron chi connectivity index (χ3n) is 8.49. The van der Waals surface area contributed by atoms with Gasteiger partial charge in [-0.25, -0.2) is 0 Å². The van der Waals surface area contributed by atoms with E-state index in [0.29, 0.717) is 5.92 Å². The zero-order valence-corrected chi connectivity index (χ0v) is 18.5. The molecule has 4 fully saturated rings. The first kappa shape index (κ1) is 20.4. The summed E-state index contributed by atoms with van der Waals surface area (Å²) in [4.78, 5) is 2.80. The monoisotopic (exact) mass is 407 g/mol. The highest BCUT2D eigenvalue weighted by Crippen LogP contribution is 2.48. The molecule has 3 nitrogen and oxygen atoms in total. The fourth-order valence-electron chi connectivity index (χ4n) is 6.78. The topological polar surface area (TPSA) is 32.7 Å². The van der Waals surface area contributed by atoms with Crippen LogP contribution in [0.25, 0.3) is 0 Å². The summed E-state index contributed by atoms with van der Waals surface area (Å²) in [6.45, 7) is 2.44. The number of methoxy groups -OCH3 is 1. The number of rotatable bonds is 3. The summed E-state index contributed by atoms with van der Waals surface area (Å²) < 4.78 is 5.72. The van der Waals surface area contributed by atoms with E-state index in [-0.39, 0.29) is 0 Å². The fraction of sp³-hybridized carbons (Fsp3) is 0.704. The standard InChI is InChI=1S/C27H37NO2/c1-30-26-8-6-20(9-14-27(29)12-3-2-4-13-27)18-24(26)22-10-15-28(16-11-22)25-19-21-5-7-23(25)17-21/h6,8,18,21-23,25,29H,2-5,7,10-13,15-17,19H2,1H3/t21-,23-,25+/m0/s1. The molecule has 0 aromatic heterocycles. The number of fused-ring (bicyclic) bond motifs is 2. The highest BCUT2D eigenvalue weighted by Gasteiger charge is 2.43. The minimum Gasteiger partial charge on any atom is -0.496 e. The minimum absolute atomic E-state index is 0.550. The lowest BCUT2D eigenvalue weighted by atomic mass is 9.84. The van der Waals surface area contributed by atoms with Gasteiger partial charge < -0.3 is 14.7 Å². The first-order chi connectivity index (χ1) is 14.6. The fourth-order valence-corrected chi connectivity index (χ4v) is 6.78. The van der Waals surface area contributed by atoms with Crippen molar-refractivity contribution in [3.8, 4) is 17.6 Å². The van der Waals surface area contributed by atoms with Gasteiger partial charge in [0.15, 0.2) is 0 Å². The van der Waals surface area contributed by atoms with Crippen LogP contribution in [-0.2, 0) is 0 Å². The van der Waals surface area contributed by atoms with Gasteiger partial charge in [0.25, 0.3) is 0 Å². The summed E-state index contributed by atoms with van der Waals surface area (Å²) in [5.41, 5.74) is 1.54. The van der Waals surface area contributed by atoms with Crippen LogP contribution in [0.2, 0.25) is 0 Å². The third-order valence-corrected chi connectivity index (χ3v) is 8.49. The van der Waals surface area contributed by atoms with Gasteiger partial charge in [0.1, 0.15) is 11.4 Å². The average Bonchev–Trinajstić information content (AvgIpc) is 3.42. The molecule has 30 heavy (non-hydrogen) atoms. The number of likely N-dealkylation sites (tertiary alicyclic amines) is 1. The van der Waals surface area contributed by atoms with Crippen molar-refractivity contribution in [2.45, 2.75) is 88.2 Å². The van der Waals surface area contributed by atoms with Gasteiger partial charge in [0, 0.05) is 11.6 Å². The maximum absolute atomic E-state index is 10.7. The molecule has 2 bridgehead atoms. The summed E-state index contributed by atoms with van der Waals surface area (Å²) in [7, 11) is 1.78. The lowest BCUT2D eigenvalue weighted by Crippen LogP contribution is -2.43. The number of nitrogens with zero attached hydrogens (tertiary/aromatic N) is 1. The van der Waals surface area contributed by atoms with Gasteiger partial charge in [0.2, 0.25) is 0 Å². The zero-order chi connectivity index (χ0) is 20.6. The van der Waals surface area contributed by atoms with E-state index >= 15 is 0 Å². The Morgan fingerprint density at radius 1 is 1.03 bits per heavy atom. The first-order valence-corrected chi connectivity index (χ1v) is 12.3. The van der Waals surface area contributed by atoms with E-state index in [9.17, 15) is 5.11 Å². The smallest absolute Gasteiger partial charge is 0.125 e. The van der Waals surface area contributed by atoms with Gasteiger partial charge in [-0.2, -0.15) is 0 Å². The average molecular weight is 408 g/mol. The number of hydrogen-bond donors (Lipinski definition) is 1. The molecule has 1 aromatic rings. The maximum atomic E-state index is 10.7. The quantitative estimate of drug-likeness (QED) is 0.707. The molecule has 0 radical (unpaired) electrons. The molecule has 3 heteroatoms. The first-order valence-electron chi connectivity index (χ1n) is 12.3. The molecular weight excluding hydrogens is 370 g/mol. The molecule has 1 heterocycles. The summed E-state index contributed by atoms with van der Waals surface area (Å²) >= 11 is 0. The van der Waals surface area contributed by atoms with E-state index in [1.165, 1.54) is 63.6 Å². The van der Waals surface area contributed by atoms with Crippen molar-refractivity contribution in [2.24, 2.45) is 11.8 Å². The van der Waals surface area contributed by atoms with Gasteiger partial charge in [0.05, 0.1) is 7.11 Å². The van der Waals surface area contributed by atoms with Crippen LogP contribution < -0.4 is 4.74 Å². The van der Waals surface area contributed by atoms with Crippen molar-refractivity contribution in [3.63, 3.8) is 0 Å². The molecule has 162 valence electrons. The maximum Gasteiger partial charge on any atom is 0.125 e. The molecule has 1 aliphatic heterocycles. The van der Waals surface area contributed by atoms with Crippen LogP contribution in [0.3, 0.4) is 0 Å². The molecule has 5 rings (SSSR count). The minimum atomic E-state index is -0.787. The molecule has 4 aliphatic rings. The molecule has 1 saturated heterocycles. The zero-order valence-electron chi connectivity index (χ0n) is 18.5. The molecule has 3 atom stereocenters. The molecule has 3 saturated carbocycles. The molecule has 0 spiro atoms. The second-order valence-electron chi connectivity index (χ2n) is 10.4. The third kappa shape index (κ3) is 4.14. The van der Waals surface area contributed by atoms with Gasteiger partial charge in [-0.3, -0.25) is 0 Å². The van der Waals surface area contributed by atoms with Crippen molar-refractivity contribution >= 4 is 0 Å². The van der Waals surface area contributed by atoms with Crippen molar-refractivity contribution in [1.29, 1.82) is 0 Å². The van der Waals surface area contributed by atoms with Crippen molar-refractivity contribution in [1.82, 2.24) is 4.90 Å².